The number of aromatic hydroxyl groups is 1. The van der Waals surface area contributed by atoms with Gasteiger partial charge in [0.25, 0.3) is 5.91 Å². The average Bonchev–Trinajstić information content (AvgIpc) is 2.98. The monoisotopic (exact) mass is 423 g/mol. The van der Waals surface area contributed by atoms with Crippen molar-refractivity contribution in [2.75, 3.05) is 19.5 Å². The number of carbonyl (C=O) groups excluding carboxylic acids is 2. The van der Waals surface area contributed by atoms with Crippen molar-refractivity contribution in [2.24, 2.45) is 5.73 Å². The van der Waals surface area contributed by atoms with Crippen LogP contribution >= 0.6 is 0 Å². The number of nitrogens with zero attached hydrogens (tertiary/aromatic N) is 1. The van der Waals surface area contributed by atoms with Gasteiger partial charge >= 0.3 is 12.2 Å². The van der Waals surface area contributed by atoms with Crippen molar-refractivity contribution in [1.29, 1.82) is 0 Å². The number of rotatable bonds is 4. The van der Waals surface area contributed by atoms with Crippen LogP contribution in [0.2, 0.25) is 0 Å². The van der Waals surface area contributed by atoms with Crippen LogP contribution in [-0.4, -0.2) is 35.8 Å². The molecule has 11 heteroatoms. The van der Waals surface area contributed by atoms with Crippen molar-refractivity contribution in [1.82, 2.24) is 4.57 Å². The van der Waals surface area contributed by atoms with E-state index in [2.05, 4.69) is 5.32 Å². The maximum atomic E-state index is 13.1. The first-order chi connectivity index (χ1) is 14.1. The number of primary amides is 1. The van der Waals surface area contributed by atoms with Crippen LogP contribution in [0.3, 0.4) is 0 Å². The predicted molar refractivity (Wildman–Crippen MR) is 101 cm³/mol. The molecule has 0 fully saturated rings. The summed E-state index contributed by atoms with van der Waals surface area (Å²) in [6.07, 6.45) is -4.70. The van der Waals surface area contributed by atoms with Gasteiger partial charge in [-0.3, -0.25) is 4.79 Å². The number of benzene rings is 2. The second-order valence-corrected chi connectivity index (χ2v) is 6.13. The van der Waals surface area contributed by atoms with Crippen LogP contribution in [0.4, 0.5) is 23.7 Å². The fourth-order valence-corrected chi connectivity index (χ4v) is 3.01. The number of anilines is 1. The van der Waals surface area contributed by atoms with Gasteiger partial charge in [-0.05, 0) is 30.3 Å². The normalized spacial score (nSPS) is 11.4. The molecule has 158 valence electrons. The van der Waals surface area contributed by atoms with E-state index in [1.165, 1.54) is 32.4 Å². The molecule has 0 unspecified atom stereocenters. The Morgan fingerprint density at radius 3 is 2.30 bits per heavy atom. The molecule has 0 bridgehead atoms. The van der Waals surface area contributed by atoms with Gasteiger partial charge in [0.15, 0.2) is 11.5 Å². The number of methoxy groups -OCH3 is 2. The number of nitrogens with two attached hydrogens (primary N) is 1. The van der Waals surface area contributed by atoms with Crippen LogP contribution in [0.15, 0.2) is 36.4 Å². The summed E-state index contributed by atoms with van der Waals surface area (Å²) in [6, 6.07) is 5.56. The number of hydrogen-bond donors (Lipinski definition) is 3. The number of aromatic nitrogens is 1. The first kappa shape index (κ1) is 20.8. The predicted octanol–water partition coefficient (Wildman–Crippen LogP) is 3.56. The van der Waals surface area contributed by atoms with E-state index in [4.69, 9.17) is 15.2 Å². The second-order valence-electron chi connectivity index (χ2n) is 6.13. The molecule has 30 heavy (non-hydrogen) atoms. The van der Waals surface area contributed by atoms with Gasteiger partial charge in [0, 0.05) is 17.1 Å². The van der Waals surface area contributed by atoms with Gasteiger partial charge in [-0.25, -0.2) is 9.36 Å². The lowest BCUT2D eigenvalue weighted by Gasteiger charge is -2.11. The molecular weight excluding hydrogens is 407 g/mol. The topological polar surface area (TPSA) is 116 Å². The number of fused-ring (bicyclic) bond motifs is 1. The van der Waals surface area contributed by atoms with Gasteiger partial charge in [-0.15, -0.1) is 0 Å². The van der Waals surface area contributed by atoms with Gasteiger partial charge in [0.1, 0.15) is 5.56 Å². The third kappa shape index (κ3) is 3.56. The first-order valence-electron chi connectivity index (χ1n) is 8.36. The SMILES string of the molecule is COc1ccc(NC(=O)c2c(O)n(C(N)=O)c3ccc(C(F)(F)F)cc23)cc1OC. The lowest BCUT2D eigenvalue weighted by Crippen LogP contribution is -2.19. The summed E-state index contributed by atoms with van der Waals surface area (Å²) in [6.45, 7) is 0. The van der Waals surface area contributed by atoms with Crippen LogP contribution < -0.4 is 20.5 Å². The highest BCUT2D eigenvalue weighted by Crippen LogP contribution is 2.37. The van der Waals surface area contributed by atoms with E-state index < -0.39 is 35.1 Å². The lowest BCUT2D eigenvalue weighted by molar-refractivity contribution is -0.137. The first-order valence-corrected chi connectivity index (χ1v) is 8.36. The molecule has 0 saturated heterocycles. The Kier molecular flexibility index (Phi) is 5.21. The minimum atomic E-state index is -4.70. The maximum absolute atomic E-state index is 13.1. The van der Waals surface area contributed by atoms with Crippen LogP contribution in [0.1, 0.15) is 15.9 Å². The van der Waals surface area contributed by atoms with Crippen molar-refractivity contribution in [2.45, 2.75) is 6.18 Å². The van der Waals surface area contributed by atoms with Crippen LogP contribution in [0.5, 0.6) is 17.4 Å². The molecule has 1 heterocycles. The van der Waals surface area contributed by atoms with Gasteiger partial charge in [0.2, 0.25) is 5.88 Å². The van der Waals surface area contributed by atoms with Gasteiger partial charge in [-0.2, -0.15) is 13.2 Å². The number of halogens is 3. The molecule has 0 spiro atoms. The summed E-state index contributed by atoms with van der Waals surface area (Å²) in [7, 11) is 2.81. The summed E-state index contributed by atoms with van der Waals surface area (Å²) in [5.41, 5.74) is 3.69. The minimum absolute atomic E-state index is 0.148. The molecule has 8 nitrogen and oxygen atoms in total. The number of nitrogens with one attached hydrogen (secondary N) is 1. The summed E-state index contributed by atoms with van der Waals surface area (Å²) in [5, 5.41) is 12.5. The third-order valence-corrected chi connectivity index (χ3v) is 4.36. The van der Waals surface area contributed by atoms with Crippen molar-refractivity contribution in [3.05, 3.63) is 47.5 Å². The van der Waals surface area contributed by atoms with Crippen molar-refractivity contribution in [3.8, 4) is 17.4 Å². The van der Waals surface area contributed by atoms with E-state index in [1.54, 1.807) is 0 Å². The van der Waals surface area contributed by atoms with E-state index >= 15 is 0 Å². The zero-order chi connectivity index (χ0) is 22.2. The Labute approximate surface area is 167 Å². The molecule has 3 rings (SSSR count). The minimum Gasteiger partial charge on any atom is -0.494 e. The Bertz CT molecular complexity index is 1150. The van der Waals surface area contributed by atoms with Crippen LogP contribution in [0.25, 0.3) is 10.9 Å². The Hall–Kier alpha value is -3.89. The van der Waals surface area contributed by atoms with E-state index in [0.29, 0.717) is 22.1 Å². The molecule has 1 aromatic heterocycles. The molecule has 0 aliphatic carbocycles. The number of amides is 2. The smallest absolute Gasteiger partial charge is 0.416 e. The summed E-state index contributed by atoms with van der Waals surface area (Å²) < 4.78 is 50.2. The van der Waals surface area contributed by atoms with Crippen molar-refractivity contribution < 1.29 is 37.3 Å². The average molecular weight is 423 g/mol. The second kappa shape index (κ2) is 7.50. The fourth-order valence-electron chi connectivity index (χ4n) is 3.01. The molecule has 0 saturated carbocycles. The van der Waals surface area contributed by atoms with Crippen LogP contribution in [0, 0.1) is 0 Å². The Balaban J connectivity index is 2.13. The fraction of sp³-hybridized carbons (Fsp3) is 0.158. The highest BCUT2D eigenvalue weighted by atomic mass is 19.4. The number of carbonyl (C=O) groups is 2. The Morgan fingerprint density at radius 2 is 1.73 bits per heavy atom. The summed E-state index contributed by atoms with van der Waals surface area (Å²) in [5.74, 6) is -1.16. The van der Waals surface area contributed by atoms with Crippen LogP contribution in [-0.2, 0) is 6.18 Å². The molecule has 2 amide bonds. The van der Waals surface area contributed by atoms with E-state index in [9.17, 15) is 27.9 Å². The van der Waals surface area contributed by atoms with E-state index in [1.807, 2.05) is 0 Å². The molecule has 2 aromatic carbocycles. The zero-order valence-corrected chi connectivity index (χ0v) is 15.7. The van der Waals surface area contributed by atoms with E-state index in [0.717, 1.165) is 12.1 Å². The van der Waals surface area contributed by atoms with Gasteiger partial charge in [-0.1, -0.05) is 0 Å². The number of hydrogen-bond acceptors (Lipinski definition) is 5. The largest absolute Gasteiger partial charge is 0.494 e. The van der Waals surface area contributed by atoms with Crippen molar-refractivity contribution >= 4 is 28.5 Å². The van der Waals surface area contributed by atoms with E-state index in [-0.39, 0.29) is 16.6 Å². The quantitative estimate of drug-likeness (QED) is 0.593. The highest BCUT2D eigenvalue weighted by molar-refractivity contribution is 6.16. The molecule has 4 N–H and O–H groups in total. The third-order valence-electron chi connectivity index (χ3n) is 4.36. The zero-order valence-electron chi connectivity index (χ0n) is 15.7. The van der Waals surface area contributed by atoms with Gasteiger partial charge < -0.3 is 25.6 Å². The number of alkyl halides is 3. The standard InChI is InChI=1S/C19H16F3N3O5/c1-29-13-6-4-10(8-14(13)30-2)24-16(26)15-11-7-9(19(20,21)22)3-5-12(11)25(17(15)27)18(23)28/h3-8,27H,1-2H3,(H2,23,28)(H,24,26). The molecular formula is C19H16F3N3O5. The highest BCUT2D eigenvalue weighted by Gasteiger charge is 2.33. The lowest BCUT2D eigenvalue weighted by atomic mass is 10.1. The molecule has 0 aliphatic heterocycles. The molecule has 0 aliphatic rings. The maximum Gasteiger partial charge on any atom is 0.416 e. The number of ether oxygens (including phenoxy) is 2. The molecule has 0 radical (unpaired) electrons. The summed E-state index contributed by atoms with van der Waals surface area (Å²) >= 11 is 0. The van der Waals surface area contributed by atoms with Crippen molar-refractivity contribution in [3.63, 3.8) is 0 Å². The molecule has 3 aromatic rings. The Morgan fingerprint density at radius 1 is 1.07 bits per heavy atom. The summed E-state index contributed by atoms with van der Waals surface area (Å²) in [4.78, 5) is 24.5. The molecule has 0 atom stereocenters. The van der Waals surface area contributed by atoms with Gasteiger partial charge in [0.05, 0.1) is 25.3 Å².